The van der Waals surface area contributed by atoms with Gasteiger partial charge < -0.3 is 4.90 Å². The summed E-state index contributed by atoms with van der Waals surface area (Å²) < 4.78 is 0. The number of nitro benzene ring substituents is 1. The number of hydrogen-bond donors (Lipinski definition) is 0. The number of anilines is 1. The van der Waals surface area contributed by atoms with Crippen molar-refractivity contribution in [1.29, 1.82) is 0 Å². The summed E-state index contributed by atoms with van der Waals surface area (Å²) in [6, 6.07) is 16.7. The van der Waals surface area contributed by atoms with Crippen LogP contribution in [0, 0.1) is 28.9 Å². The second-order valence-corrected chi connectivity index (χ2v) is 9.88. The fourth-order valence-electron chi connectivity index (χ4n) is 5.83. The van der Waals surface area contributed by atoms with Crippen LogP contribution in [0.25, 0.3) is 6.08 Å². The van der Waals surface area contributed by atoms with Crippen molar-refractivity contribution in [2.75, 3.05) is 4.90 Å². The van der Waals surface area contributed by atoms with Crippen LogP contribution < -0.4 is 4.90 Å². The molecule has 4 atom stereocenters. The summed E-state index contributed by atoms with van der Waals surface area (Å²) in [5.74, 6) is -3.10. The van der Waals surface area contributed by atoms with Crippen molar-refractivity contribution in [3.63, 3.8) is 0 Å². The number of rotatable bonds is 4. The van der Waals surface area contributed by atoms with Crippen molar-refractivity contribution >= 4 is 46.6 Å². The van der Waals surface area contributed by atoms with Gasteiger partial charge >= 0.3 is 0 Å². The molecule has 0 unspecified atom stereocenters. The molecular formula is C28H20ClN3O5. The Hall–Kier alpha value is -4.30. The van der Waals surface area contributed by atoms with E-state index in [-0.39, 0.29) is 17.2 Å². The van der Waals surface area contributed by atoms with Gasteiger partial charge in [0, 0.05) is 28.9 Å². The van der Waals surface area contributed by atoms with Gasteiger partial charge in [0.1, 0.15) is 6.04 Å². The number of imide groups is 1. The van der Waals surface area contributed by atoms with Crippen LogP contribution in [0.5, 0.6) is 0 Å². The minimum absolute atomic E-state index is 0.169. The van der Waals surface area contributed by atoms with Crippen LogP contribution in [0.4, 0.5) is 11.4 Å². The summed E-state index contributed by atoms with van der Waals surface area (Å²) in [4.78, 5) is 55.6. The van der Waals surface area contributed by atoms with Crippen molar-refractivity contribution < 1.29 is 19.3 Å². The molecule has 2 fully saturated rings. The zero-order valence-corrected chi connectivity index (χ0v) is 20.3. The monoisotopic (exact) mass is 513 g/mol. The van der Waals surface area contributed by atoms with Crippen molar-refractivity contribution in [3.05, 3.63) is 110 Å². The molecule has 0 aromatic heterocycles. The number of ketones is 1. The molecule has 37 heavy (non-hydrogen) atoms. The zero-order valence-electron chi connectivity index (χ0n) is 19.6. The lowest BCUT2D eigenvalue weighted by Gasteiger charge is -2.35. The maximum absolute atomic E-state index is 14.0. The molecule has 2 amide bonds. The molecule has 0 saturated carbocycles. The van der Waals surface area contributed by atoms with Crippen LogP contribution in [-0.4, -0.2) is 33.5 Å². The molecule has 6 rings (SSSR count). The second-order valence-electron chi connectivity index (χ2n) is 9.44. The molecular weight excluding hydrogens is 494 g/mol. The van der Waals surface area contributed by atoms with Gasteiger partial charge in [-0.05, 0) is 54.0 Å². The van der Waals surface area contributed by atoms with E-state index in [1.807, 2.05) is 35.2 Å². The molecule has 3 heterocycles. The molecule has 0 spiro atoms. The zero-order chi connectivity index (χ0) is 26.0. The summed E-state index contributed by atoms with van der Waals surface area (Å²) in [5, 5.41) is 11.9. The number of carbonyl (C=O) groups is 3. The van der Waals surface area contributed by atoms with Gasteiger partial charge in [0.15, 0.2) is 5.78 Å². The van der Waals surface area contributed by atoms with Gasteiger partial charge in [-0.15, -0.1) is 0 Å². The molecule has 184 valence electrons. The van der Waals surface area contributed by atoms with Crippen LogP contribution in [0.1, 0.15) is 33.1 Å². The van der Waals surface area contributed by atoms with Gasteiger partial charge in [-0.3, -0.25) is 24.5 Å². The molecule has 9 heteroatoms. The van der Waals surface area contributed by atoms with Gasteiger partial charge in [0.25, 0.3) is 5.69 Å². The number of fused-ring (bicyclic) bond motifs is 5. The number of carbonyl (C=O) groups excluding carboxylic acids is 3. The smallest absolute Gasteiger partial charge is 0.271 e. The number of benzene rings is 3. The van der Waals surface area contributed by atoms with E-state index < -0.39 is 40.7 Å². The first-order valence-corrected chi connectivity index (χ1v) is 12.1. The van der Waals surface area contributed by atoms with Crippen LogP contribution >= 0.6 is 11.6 Å². The standard InChI is InChI=1S/C28H20ClN3O5/c1-15-6-11-19(32(36)37)14-21(15)31-27(34)22-23(28(31)35)25(26(33)17-7-9-18(29)10-8-17)30-13-12-16-4-2-3-5-20(16)24(22)30/h2-14,22-25H,1H3/t22-,23+,24+,25-/m0/s1. The summed E-state index contributed by atoms with van der Waals surface area (Å²) >= 11 is 6.02. The summed E-state index contributed by atoms with van der Waals surface area (Å²) in [5.41, 5.74) is 2.64. The lowest BCUT2D eigenvalue weighted by atomic mass is 9.83. The Morgan fingerprint density at radius 2 is 1.68 bits per heavy atom. The second kappa shape index (κ2) is 8.38. The Bertz CT molecular complexity index is 1530. The molecule has 8 nitrogen and oxygen atoms in total. The third-order valence-electron chi connectivity index (χ3n) is 7.50. The molecule has 3 aromatic carbocycles. The number of Topliss-reactive ketones (excluding diaryl/α,β-unsaturated/α-hetero) is 1. The van der Waals surface area contributed by atoms with E-state index in [4.69, 9.17) is 11.6 Å². The number of amides is 2. The van der Waals surface area contributed by atoms with Crippen LogP contribution in [0.2, 0.25) is 5.02 Å². The number of halogens is 1. The van der Waals surface area contributed by atoms with E-state index >= 15 is 0 Å². The van der Waals surface area contributed by atoms with Gasteiger partial charge in [0.05, 0.1) is 28.5 Å². The van der Waals surface area contributed by atoms with E-state index in [0.29, 0.717) is 16.1 Å². The Labute approximate surface area is 216 Å². The Balaban J connectivity index is 1.51. The normalized spacial score (nSPS) is 23.6. The summed E-state index contributed by atoms with van der Waals surface area (Å²) in [6.07, 6.45) is 3.67. The van der Waals surface area contributed by atoms with Crippen LogP contribution in [0.3, 0.4) is 0 Å². The minimum atomic E-state index is -0.963. The summed E-state index contributed by atoms with van der Waals surface area (Å²) in [7, 11) is 0. The average molecular weight is 514 g/mol. The quantitative estimate of drug-likeness (QED) is 0.212. The fraction of sp³-hybridized carbons (Fsp3) is 0.179. The van der Waals surface area contributed by atoms with Crippen molar-refractivity contribution in [2.24, 2.45) is 11.8 Å². The van der Waals surface area contributed by atoms with Crippen molar-refractivity contribution in [3.8, 4) is 0 Å². The number of nitro groups is 1. The number of hydrogen-bond acceptors (Lipinski definition) is 6. The minimum Gasteiger partial charge on any atom is -0.358 e. The Morgan fingerprint density at radius 3 is 2.41 bits per heavy atom. The molecule has 3 aliphatic heterocycles. The maximum atomic E-state index is 14.0. The van der Waals surface area contributed by atoms with E-state index in [0.717, 1.165) is 16.0 Å². The van der Waals surface area contributed by atoms with E-state index in [1.165, 1.54) is 18.2 Å². The predicted molar refractivity (Wildman–Crippen MR) is 137 cm³/mol. The van der Waals surface area contributed by atoms with Crippen LogP contribution in [-0.2, 0) is 9.59 Å². The molecule has 0 bridgehead atoms. The lowest BCUT2D eigenvalue weighted by Crippen LogP contribution is -2.44. The predicted octanol–water partition coefficient (Wildman–Crippen LogP) is 4.95. The molecule has 0 N–H and O–H groups in total. The van der Waals surface area contributed by atoms with Gasteiger partial charge in [-0.1, -0.05) is 41.9 Å². The van der Waals surface area contributed by atoms with Crippen molar-refractivity contribution in [1.82, 2.24) is 4.90 Å². The first kappa shape index (κ1) is 23.1. The molecule has 3 aliphatic rings. The summed E-state index contributed by atoms with van der Waals surface area (Å²) in [6.45, 7) is 1.69. The van der Waals surface area contributed by atoms with E-state index in [1.54, 1.807) is 37.4 Å². The molecule has 2 saturated heterocycles. The van der Waals surface area contributed by atoms with Gasteiger partial charge in [-0.25, -0.2) is 4.90 Å². The Morgan fingerprint density at radius 1 is 0.973 bits per heavy atom. The largest absolute Gasteiger partial charge is 0.358 e. The number of aryl methyl sites for hydroxylation is 1. The molecule has 0 aliphatic carbocycles. The third-order valence-corrected chi connectivity index (χ3v) is 7.76. The topological polar surface area (TPSA) is 101 Å². The highest BCUT2D eigenvalue weighted by Gasteiger charge is 2.64. The average Bonchev–Trinajstić information content (AvgIpc) is 3.37. The first-order valence-electron chi connectivity index (χ1n) is 11.7. The Kier molecular flexibility index (Phi) is 5.24. The highest BCUT2D eigenvalue weighted by atomic mass is 35.5. The van der Waals surface area contributed by atoms with E-state index in [2.05, 4.69) is 0 Å². The third kappa shape index (κ3) is 3.40. The SMILES string of the molecule is Cc1ccc([N+](=O)[O-])cc1N1C(=O)[C@@H]2[C@H](C1=O)[C@H]1c3ccccc3C=CN1[C@@H]2C(=O)c1ccc(Cl)cc1. The van der Waals surface area contributed by atoms with Crippen LogP contribution in [0.15, 0.2) is 72.9 Å². The highest BCUT2D eigenvalue weighted by molar-refractivity contribution is 6.30. The van der Waals surface area contributed by atoms with Gasteiger partial charge in [0.2, 0.25) is 11.8 Å². The molecule has 3 aromatic rings. The van der Waals surface area contributed by atoms with Crippen molar-refractivity contribution in [2.45, 2.75) is 19.0 Å². The maximum Gasteiger partial charge on any atom is 0.271 e. The highest BCUT2D eigenvalue weighted by Crippen LogP contribution is 2.54. The van der Waals surface area contributed by atoms with Gasteiger partial charge in [-0.2, -0.15) is 0 Å². The first-order chi connectivity index (χ1) is 17.8. The number of non-ortho nitro benzene ring substituents is 1. The lowest BCUT2D eigenvalue weighted by molar-refractivity contribution is -0.384. The molecule has 0 radical (unpaired) electrons. The number of nitrogens with zero attached hydrogens (tertiary/aromatic N) is 3. The fourth-order valence-corrected chi connectivity index (χ4v) is 5.96. The van der Waals surface area contributed by atoms with E-state index in [9.17, 15) is 24.5 Å².